The van der Waals surface area contributed by atoms with Crippen molar-refractivity contribution >= 4 is 12.0 Å². The number of carboxylic acids is 1. The highest BCUT2D eigenvalue weighted by Crippen LogP contribution is 2.28. The van der Waals surface area contributed by atoms with Gasteiger partial charge in [-0.25, -0.2) is 9.59 Å². The molecule has 108 valence electrons. The van der Waals surface area contributed by atoms with Crippen LogP contribution in [0, 0.1) is 11.8 Å². The first-order valence-electron chi connectivity index (χ1n) is 6.92. The van der Waals surface area contributed by atoms with E-state index < -0.39 is 18.0 Å². The van der Waals surface area contributed by atoms with E-state index in [9.17, 15) is 9.59 Å². The molecular formula is C14H24N2O3. The Morgan fingerprint density at radius 3 is 2.68 bits per heavy atom. The van der Waals surface area contributed by atoms with Gasteiger partial charge in [-0.15, -0.1) is 6.58 Å². The van der Waals surface area contributed by atoms with Gasteiger partial charge >= 0.3 is 12.0 Å². The van der Waals surface area contributed by atoms with Gasteiger partial charge in [0.1, 0.15) is 6.04 Å². The molecule has 3 N–H and O–H groups in total. The van der Waals surface area contributed by atoms with E-state index in [0.717, 1.165) is 6.42 Å². The van der Waals surface area contributed by atoms with Crippen LogP contribution in [0.3, 0.4) is 0 Å². The van der Waals surface area contributed by atoms with Crippen LogP contribution >= 0.6 is 0 Å². The van der Waals surface area contributed by atoms with E-state index in [2.05, 4.69) is 24.1 Å². The molecule has 5 heteroatoms. The SMILES string of the molecule is C=CCC(NC(=O)NCC1CCCCC1C)C(=O)O. The van der Waals surface area contributed by atoms with Gasteiger partial charge in [-0.2, -0.15) is 0 Å². The molecule has 0 heterocycles. The van der Waals surface area contributed by atoms with E-state index in [4.69, 9.17) is 5.11 Å². The second kappa shape index (κ2) is 7.81. The quantitative estimate of drug-likeness (QED) is 0.646. The molecule has 0 aromatic heterocycles. The van der Waals surface area contributed by atoms with Gasteiger partial charge in [-0.3, -0.25) is 0 Å². The van der Waals surface area contributed by atoms with Crippen LogP contribution in [0.1, 0.15) is 39.0 Å². The third kappa shape index (κ3) is 5.32. The highest BCUT2D eigenvalue weighted by Gasteiger charge is 2.23. The minimum absolute atomic E-state index is 0.225. The van der Waals surface area contributed by atoms with Crippen LogP contribution in [0.2, 0.25) is 0 Å². The summed E-state index contributed by atoms with van der Waals surface area (Å²) in [5.74, 6) is 0.0840. The molecule has 0 aromatic carbocycles. The zero-order valence-electron chi connectivity index (χ0n) is 11.5. The lowest BCUT2D eigenvalue weighted by Gasteiger charge is -2.29. The summed E-state index contributed by atoms with van der Waals surface area (Å²) in [6, 6.07) is -1.31. The number of carbonyl (C=O) groups excluding carboxylic acids is 1. The van der Waals surface area contributed by atoms with E-state index in [1.807, 2.05) is 0 Å². The first kappa shape index (κ1) is 15.5. The predicted octanol–water partition coefficient (Wildman–Crippen LogP) is 2.14. The van der Waals surface area contributed by atoms with Crippen LogP contribution < -0.4 is 10.6 Å². The number of urea groups is 1. The van der Waals surface area contributed by atoms with Crippen LogP contribution in [0.4, 0.5) is 4.79 Å². The van der Waals surface area contributed by atoms with Crippen molar-refractivity contribution < 1.29 is 14.7 Å². The normalized spacial score (nSPS) is 24.3. The van der Waals surface area contributed by atoms with Crippen molar-refractivity contribution in [3.05, 3.63) is 12.7 Å². The maximum Gasteiger partial charge on any atom is 0.326 e. The molecule has 0 bridgehead atoms. The Labute approximate surface area is 114 Å². The van der Waals surface area contributed by atoms with Gasteiger partial charge < -0.3 is 15.7 Å². The molecule has 3 unspecified atom stereocenters. The molecule has 1 aliphatic carbocycles. The molecule has 19 heavy (non-hydrogen) atoms. The summed E-state index contributed by atoms with van der Waals surface area (Å²) >= 11 is 0. The maximum absolute atomic E-state index is 11.7. The maximum atomic E-state index is 11.7. The fraction of sp³-hybridized carbons (Fsp3) is 0.714. The highest BCUT2D eigenvalue weighted by molar-refractivity contribution is 5.82. The van der Waals surface area contributed by atoms with Crippen molar-refractivity contribution in [2.24, 2.45) is 11.8 Å². The number of nitrogens with one attached hydrogen (secondary N) is 2. The van der Waals surface area contributed by atoms with Gasteiger partial charge in [0, 0.05) is 6.54 Å². The molecule has 2 amide bonds. The average molecular weight is 268 g/mol. The summed E-state index contributed by atoms with van der Waals surface area (Å²) in [6.45, 7) is 6.31. The minimum Gasteiger partial charge on any atom is -0.480 e. The summed E-state index contributed by atoms with van der Waals surface area (Å²) in [6.07, 6.45) is 6.54. The zero-order chi connectivity index (χ0) is 14.3. The van der Waals surface area contributed by atoms with Crippen LogP contribution in [0.5, 0.6) is 0 Å². The second-order valence-electron chi connectivity index (χ2n) is 5.29. The second-order valence-corrected chi connectivity index (χ2v) is 5.29. The molecule has 3 atom stereocenters. The summed E-state index contributed by atoms with van der Waals surface area (Å²) in [4.78, 5) is 22.6. The highest BCUT2D eigenvalue weighted by atomic mass is 16.4. The fourth-order valence-electron chi connectivity index (χ4n) is 2.52. The zero-order valence-corrected chi connectivity index (χ0v) is 11.5. The van der Waals surface area contributed by atoms with Crippen LogP contribution in [0.25, 0.3) is 0 Å². The van der Waals surface area contributed by atoms with Crippen molar-refractivity contribution in [3.63, 3.8) is 0 Å². The Morgan fingerprint density at radius 2 is 2.11 bits per heavy atom. The Balaban J connectivity index is 2.33. The van der Waals surface area contributed by atoms with Gasteiger partial charge in [0.25, 0.3) is 0 Å². The number of hydrogen-bond acceptors (Lipinski definition) is 2. The molecule has 1 rings (SSSR count). The van der Waals surface area contributed by atoms with Crippen molar-refractivity contribution in [1.82, 2.24) is 10.6 Å². The molecule has 1 aliphatic rings. The lowest BCUT2D eigenvalue weighted by Crippen LogP contribution is -2.47. The Kier molecular flexibility index (Phi) is 6.39. The Morgan fingerprint density at radius 1 is 1.42 bits per heavy atom. The summed E-state index contributed by atoms with van der Waals surface area (Å²) < 4.78 is 0. The number of amides is 2. The molecule has 0 aliphatic heterocycles. The molecule has 1 saturated carbocycles. The summed E-state index contributed by atoms with van der Waals surface area (Å²) in [5, 5.41) is 14.2. The molecule has 0 aromatic rings. The number of rotatable bonds is 6. The van der Waals surface area contributed by atoms with E-state index in [0.29, 0.717) is 18.4 Å². The molecule has 0 spiro atoms. The summed E-state index contributed by atoms with van der Waals surface area (Å²) in [5.41, 5.74) is 0. The van der Waals surface area contributed by atoms with E-state index >= 15 is 0 Å². The molecular weight excluding hydrogens is 244 g/mol. The van der Waals surface area contributed by atoms with Gasteiger partial charge in [-0.05, 0) is 24.7 Å². The van der Waals surface area contributed by atoms with Crippen LogP contribution in [0.15, 0.2) is 12.7 Å². The molecule has 5 nitrogen and oxygen atoms in total. The summed E-state index contributed by atoms with van der Waals surface area (Å²) in [7, 11) is 0. The number of carbonyl (C=O) groups is 2. The smallest absolute Gasteiger partial charge is 0.326 e. The van der Waals surface area contributed by atoms with Gasteiger partial charge in [0.05, 0.1) is 0 Å². The Hall–Kier alpha value is -1.52. The van der Waals surface area contributed by atoms with E-state index in [1.54, 1.807) is 0 Å². The van der Waals surface area contributed by atoms with Gasteiger partial charge in [0.2, 0.25) is 0 Å². The first-order chi connectivity index (χ1) is 9.04. The largest absolute Gasteiger partial charge is 0.480 e. The first-order valence-corrected chi connectivity index (χ1v) is 6.92. The topological polar surface area (TPSA) is 78.4 Å². The van der Waals surface area contributed by atoms with Crippen molar-refractivity contribution in [3.8, 4) is 0 Å². The number of hydrogen-bond donors (Lipinski definition) is 3. The third-order valence-corrected chi connectivity index (χ3v) is 3.82. The van der Waals surface area contributed by atoms with Crippen molar-refractivity contribution in [2.45, 2.75) is 45.1 Å². The van der Waals surface area contributed by atoms with Crippen LogP contribution in [-0.4, -0.2) is 29.7 Å². The van der Waals surface area contributed by atoms with Crippen LogP contribution in [-0.2, 0) is 4.79 Å². The third-order valence-electron chi connectivity index (χ3n) is 3.82. The lowest BCUT2D eigenvalue weighted by molar-refractivity contribution is -0.139. The lowest BCUT2D eigenvalue weighted by atomic mass is 9.80. The standard InChI is InChI=1S/C14H24N2O3/c1-3-6-12(13(17)18)16-14(19)15-9-11-8-5-4-7-10(11)2/h3,10-12H,1,4-9H2,2H3,(H,17,18)(H2,15,16,19). The van der Waals surface area contributed by atoms with E-state index in [-0.39, 0.29) is 6.42 Å². The predicted molar refractivity (Wildman–Crippen MR) is 73.9 cm³/mol. The van der Waals surface area contributed by atoms with Crippen molar-refractivity contribution in [1.29, 1.82) is 0 Å². The molecule has 0 radical (unpaired) electrons. The fourth-order valence-corrected chi connectivity index (χ4v) is 2.52. The van der Waals surface area contributed by atoms with Crippen molar-refractivity contribution in [2.75, 3.05) is 6.54 Å². The van der Waals surface area contributed by atoms with Gasteiger partial charge in [-0.1, -0.05) is 32.3 Å². The monoisotopic (exact) mass is 268 g/mol. The van der Waals surface area contributed by atoms with E-state index in [1.165, 1.54) is 25.3 Å². The Bertz CT molecular complexity index is 331. The molecule has 0 saturated heterocycles. The number of aliphatic carboxylic acids is 1. The average Bonchev–Trinajstić information content (AvgIpc) is 2.37. The number of carboxylic acid groups (broad SMARTS) is 1. The molecule has 1 fully saturated rings. The minimum atomic E-state index is -1.04. The van der Waals surface area contributed by atoms with Gasteiger partial charge in [0.15, 0.2) is 0 Å².